The van der Waals surface area contributed by atoms with Crippen molar-refractivity contribution in [2.24, 2.45) is 0 Å². The smallest absolute Gasteiger partial charge is 0.251 e. The van der Waals surface area contributed by atoms with E-state index in [0.29, 0.717) is 5.56 Å². The average molecular weight is 327 g/mol. The van der Waals surface area contributed by atoms with Gasteiger partial charge in [-0.3, -0.25) is 4.79 Å². The molecule has 19 heavy (non-hydrogen) atoms. The Hall–Kier alpha value is -0.870. The molecule has 1 amide bonds. The largest absolute Gasteiger partial charge is 0.352 e. The molecule has 1 N–H and O–H groups in total. The maximum Gasteiger partial charge on any atom is 0.251 e. The molecule has 0 radical (unpaired) electrons. The lowest BCUT2D eigenvalue weighted by molar-refractivity contribution is 0.0952. The minimum Gasteiger partial charge on any atom is -0.352 e. The third kappa shape index (κ3) is 6.21. The van der Waals surface area contributed by atoms with Gasteiger partial charge < -0.3 is 10.2 Å². The van der Waals surface area contributed by atoms with Gasteiger partial charge in [-0.05, 0) is 56.7 Å². The molecule has 0 bridgehead atoms. The van der Waals surface area contributed by atoms with Crippen LogP contribution >= 0.6 is 15.9 Å². The molecule has 1 aromatic carbocycles. The van der Waals surface area contributed by atoms with Gasteiger partial charge in [0.05, 0.1) is 0 Å². The van der Waals surface area contributed by atoms with E-state index in [-0.39, 0.29) is 5.91 Å². The van der Waals surface area contributed by atoms with Crippen LogP contribution in [0.2, 0.25) is 0 Å². The van der Waals surface area contributed by atoms with Crippen molar-refractivity contribution in [2.45, 2.75) is 26.7 Å². The molecule has 106 valence electrons. The molecule has 0 unspecified atom stereocenters. The minimum absolute atomic E-state index is 0.00957. The van der Waals surface area contributed by atoms with Crippen LogP contribution in [-0.2, 0) is 0 Å². The number of hydrogen-bond donors (Lipinski definition) is 1. The second-order valence-electron chi connectivity index (χ2n) is 4.50. The van der Waals surface area contributed by atoms with E-state index < -0.39 is 0 Å². The number of nitrogens with zero attached hydrogens (tertiary/aromatic N) is 1. The molecule has 4 heteroatoms. The second-order valence-corrected chi connectivity index (χ2v) is 5.41. The number of carbonyl (C=O) groups excluding carboxylic acids is 1. The molecule has 1 aromatic rings. The fourth-order valence-electron chi connectivity index (χ4n) is 1.91. The highest BCUT2D eigenvalue weighted by Gasteiger charge is 2.04. The number of rotatable bonds is 8. The summed E-state index contributed by atoms with van der Waals surface area (Å²) in [5, 5.41) is 2.96. The van der Waals surface area contributed by atoms with Crippen LogP contribution in [0.15, 0.2) is 28.7 Å². The molecule has 1 rings (SSSR count). The zero-order valence-electron chi connectivity index (χ0n) is 11.8. The van der Waals surface area contributed by atoms with Gasteiger partial charge in [0.15, 0.2) is 0 Å². The number of amides is 1. The highest BCUT2D eigenvalue weighted by atomic mass is 79.9. The summed E-state index contributed by atoms with van der Waals surface area (Å²) in [6.07, 6.45) is 2.15. The van der Waals surface area contributed by atoms with Crippen molar-refractivity contribution in [2.75, 3.05) is 26.2 Å². The lowest BCUT2D eigenvalue weighted by atomic mass is 10.2. The Morgan fingerprint density at radius 2 is 1.79 bits per heavy atom. The summed E-state index contributed by atoms with van der Waals surface area (Å²) in [6, 6.07) is 7.43. The van der Waals surface area contributed by atoms with Gasteiger partial charge >= 0.3 is 0 Å². The van der Waals surface area contributed by atoms with Crippen LogP contribution < -0.4 is 5.32 Å². The van der Waals surface area contributed by atoms with Gasteiger partial charge in [-0.1, -0.05) is 29.8 Å². The Morgan fingerprint density at radius 1 is 1.16 bits per heavy atom. The summed E-state index contributed by atoms with van der Waals surface area (Å²) < 4.78 is 0.989. The normalized spacial score (nSPS) is 10.7. The minimum atomic E-state index is 0.00957. The lowest BCUT2D eigenvalue weighted by Crippen LogP contribution is -2.27. The summed E-state index contributed by atoms with van der Waals surface area (Å²) in [6.45, 7) is 8.42. The van der Waals surface area contributed by atoms with Gasteiger partial charge in [-0.15, -0.1) is 0 Å². The summed E-state index contributed by atoms with van der Waals surface area (Å²) >= 11 is 3.36. The van der Waals surface area contributed by atoms with E-state index in [4.69, 9.17) is 0 Å². The predicted molar refractivity (Wildman–Crippen MR) is 83.5 cm³/mol. The molecule has 0 aliphatic heterocycles. The Morgan fingerprint density at radius 3 is 2.37 bits per heavy atom. The third-order valence-electron chi connectivity index (χ3n) is 3.19. The van der Waals surface area contributed by atoms with Crippen molar-refractivity contribution in [3.63, 3.8) is 0 Å². The molecular formula is C15H23BrN2O. The predicted octanol–water partition coefficient (Wildman–Crippen LogP) is 3.30. The second kappa shape index (κ2) is 9.10. The van der Waals surface area contributed by atoms with Crippen LogP contribution in [0.5, 0.6) is 0 Å². The Balaban J connectivity index is 2.19. The molecule has 3 nitrogen and oxygen atoms in total. The maximum absolute atomic E-state index is 11.8. The highest BCUT2D eigenvalue weighted by molar-refractivity contribution is 9.10. The molecule has 0 atom stereocenters. The molecule has 0 saturated carbocycles. The van der Waals surface area contributed by atoms with Crippen LogP contribution in [0.25, 0.3) is 0 Å². The number of nitrogens with one attached hydrogen (secondary N) is 1. The Bertz CT molecular complexity index is 374. The van der Waals surface area contributed by atoms with Gasteiger partial charge in [0.2, 0.25) is 0 Å². The zero-order valence-corrected chi connectivity index (χ0v) is 13.4. The zero-order chi connectivity index (χ0) is 14.1. The van der Waals surface area contributed by atoms with Gasteiger partial charge in [0.1, 0.15) is 0 Å². The van der Waals surface area contributed by atoms with E-state index in [1.165, 1.54) is 0 Å². The van der Waals surface area contributed by atoms with Gasteiger partial charge in [0, 0.05) is 16.6 Å². The van der Waals surface area contributed by atoms with Crippen molar-refractivity contribution in [1.29, 1.82) is 0 Å². The molecule has 0 aromatic heterocycles. The van der Waals surface area contributed by atoms with E-state index in [1.54, 1.807) is 0 Å². The number of carbonyl (C=O) groups is 1. The topological polar surface area (TPSA) is 32.3 Å². The van der Waals surface area contributed by atoms with Crippen molar-refractivity contribution >= 4 is 21.8 Å². The first-order chi connectivity index (χ1) is 9.17. The molecule has 0 aliphatic rings. The van der Waals surface area contributed by atoms with Crippen LogP contribution in [0.3, 0.4) is 0 Å². The fourth-order valence-corrected chi connectivity index (χ4v) is 2.17. The lowest BCUT2D eigenvalue weighted by Gasteiger charge is -2.17. The Kier molecular flexibility index (Phi) is 7.75. The monoisotopic (exact) mass is 326 g/mol. The number of hydrogen-bond acceptors (Lipinski definition) is 2. The highest BCUT2D eigenvalue weighted by Crippen LogP contribution is 2.10. The fraction of sp³-hybridized carbons (Fsp3) is 0.533. The van der Waals surface area contributed by atoms with Crippen molar-refractivity contribution < 1.29 is 4.79 Å². The van der Waals surface area contributed by atoms with Crippen LogP contribution in [0.1, 0.15) is 37.0 Å². The van der Waals surface area contributed by atoms with Crippen LogP contribution in [-0.4, -0.2) is 37.0 Å². The van der Waals surface area contributed by atoms with E-state index in [0.717, 1.165) is 43.5 Å². The number of unbranched alkanes of at least 4 members (excludes halogenated alkanes) is 1. The van der Waals surface area contributed by atoms with Gasteiger partial charge in [-0.2, -0.15) is 0 Å². The summed E-state index contributed by atoms with van der Waals surface area (Å²) in [5.74, 6) is 0.00957. The molecule has 0 fully saturated rings. The summed E-state index contributed by atoms with van der Waals surface area (Å²) in [7, 11) is 0. The standard InChI is InChI=1S/C15H23BrN2O/c1-3-18(4-2)12-6-5-11-17-15(19)13-7-9-14(16)10-8-13/h7-10H,3-6,11-12H2,1-2H3,(H,17,19). The molecule has 0 heterocycles. The van der Waals surface area contributed by atoms with Crippen LogP contribution in [0.4, 0.5) is 0 Å². The SMILES string of the molecule is CCN(CC)CCCCNC(=O)c1ccc(Br)cc1. The maximum atomic E-state index is 11.8. The average Bonchev–Trinajstić information content (AvgIpc) is 2.43. The summed E-state index contributed by atoms with van der Waals surface area (Å²) in [4.78, 5) is 14.2. The molecule has 0 spiro atoms. The van der Waals surface area contributed by atoms with E-state index >= 15 is 0 Å². The van der Waals surface area contributed by atoms with Gasteiger partial charge in [0.25, 0.3) is 5.91 Å². The number of halogens is 1. The van der Waals surface area contributed by atoms with E-state index in [1.807, 2.05) is 24.3 Å². The first-order valence-corrected chi connectivity index (χ1v) is 7.72. The van der Waals surface area contributed by atoms with Crippen molar-refractivity contribution in [3.05, 3.63) is 34.3 Å². The first kappa shape index (κ1) is 16.2. The van der Waals surface area contributed by atoms with Crippen molar-refractivity contribution in [3.8, 4) is 0 Å². The third-order valence-corrected chi connectivity index (χ3v) is 3.72. The quantitative estimate of drug-likeness (QED) is 0.743. The molecule has 0 aliphatic carbocycles. The van der Waals surface area contributed by atoms with Crippen LogP contribution in [0, 0.1) is 0 Å². The first-order valence-electron chi connectivity index (χ1n) is 6.93. The van der Waals surface area contributed by atoms with E-state index in [9.17, 15) is 4.79 Å². The Labute approximate surface area is 124 Å². The van der Waals surface area contributed by atoms with E-state index in [2.05, 4.69) is 40.0 Å². The molecular weight excluding hydrogens is 304 g/mol. The molecule has 0 saturated heterocycles. The van der Waals surface area contributed by atoms with Crippen molar-refractivity contribution in [1.82, 2.24) is 10.2 Å². The van der Waals surface area contributed by atoms with Gasteiger partial charge in [-0.25, -0.2) is 0 Å². The summed E-state index contributed by atoms with van der Waals surface area (Å²) in [5.41, 5.74) is 0.715. The number of benzene rings is 1.